The van der Waals surface area contributed by atoms with E-state index >= 15 is 0 Å². The van der Waals surface area contributed by atoms with Crippen LogP contribution in [0.3, 0.4) is 0 Å². The summed E-state index contributed by atoms with van der Waals surface area (Å²) in [4.78, 5) is 30.7. The van der Waals surface area contributed by atoms with Crippen LogP contribution in [-0.4, -0.2) is 66.9 Å². The molecule has 0 radical (unpaired) electrons. The van der Waals surface area contributed by atoms with E-state index in [9.17, 15) is 9.59 Å². The van der Waals surface area contributed by atoms with Gasteiger partial charge < -0.3 is 15.4 Å². The molecule has 2 heterocycles. The molecule has 2 aliphatic rings. The second kappa shape index (κ2) is 13.4. The molecular formula is C35H41Cl2N3O3. The number of carbonyl (C=O) groups is 2. The van der Waals surface area contributed by atoms with Crippen molar-refractivity contribution in [2.75, 3.05) is 39.3 Å². The highest BCUT2D eigenvalue weighted by Gasteiger charge is 2.43. The van der Waals surface area contributed by atoms with Crippen LogP contribution in [0.2, 0.25) is 10.0 Å². The summed E-state index contributed by atoms with van der Waals surface area (Å²) >= 11 is 12.8. The lowest BCUT2D eigenvalue weighted by atomic mass is 9.71. The van der Waals surface area contributed by atoms with E-state index in [0.29, 0.717) is 40.7 Å². The summed E-state index contributed by atoms with van der Waals surface area (Å²) in [5, 5.41) is 1.08. The Balaban J connectivity index is 1.29. The summed E-state index contributed by atoms with van der Waals surface area (Å²) in [6.45, 7) is 8.33. The number of nitrogens with two attached hydrogens (primary N) is 1. The number of hydrogen-bond acceptors (Lipinski definition) is 5. The maximum Gasteiger partial charge on any atom is 0.228 e. The second-order valence-corrected chi connectivity index (χ2v) is 13.2. The first-order chi connectivity index (χ1) is 20.6. The monoisotopic (exact) mass is 621 g/mol. The Morgan fingerprint density at radius 3 is 2.26 bits per heavy atom. The Morgan fingerprint density at radius 2 is 1.58 bits per heavy atom. The molecule has 1 unspecified atom stereocenters. The Kier molecular flexibility index (Phi) is 9.82. The standard InChI is InChI=1S/C35H41Cl2N3O3/c1-25(2)43-29-10-6-7-26(21-29)32(41)23-40-18-14-34(24-40,28-11-12-30(36)31(37)22-28)13-17-39-19-15-35(16-20-39,33(38)42)27-8-4-3-5-9-27/h3-12,21-22,25H,13-20,23-24H2,1-2H3,(H2,38,42). The zero-order valence-electron chi connectivity index (χ0n) is 25.0. The van der Waals surface area contributed by atoms with Crippen LogP contribution in [0, 0.1) is 0 Å². The molecule has 1 atom stereocenters. The summed E-state index contributed by atoms with van der Waals surface area (Å²) in [5.74, 6) is 0.545. The number of ketones is 1. The normalized spacial score (nSPS) is 20.8. The molecule has 6 nitrogen and oxygen atoms in total. The van der Waals surface area contributed by atoms with Crippen molar-refractivity contribution in [3.05, 3.63) is 99.5 Å². The van der Waals surface area contributed by atoms with Crippen molar-refractivity contribution < 1.29 is 14.3 Å². The molecule has 2 saturated heterocycles. The molecule has 5 rings (SSSR count). The maximum absolute atomic E-state index is 13.3. The highest BCUT2D eigenvalue weighted by atomic mass is 35.5. The van der Waals surface area contributed by atoms with Crippen molar-refractivity contribution in [1.82, 2.24) is 9.80 Å². The lowest BCUT2D eigenvalue weighted by Crippen LogP contribution is -2.50. The van der Waals surface area contributed by atoms with Crippen LogP contribution in [0.15, 0.2) is 72.8 Å². The quantitative estimate of drug-likeness (QED) is 0.247. The maximum atomic E-state index is 13.3. The largest absolute Gasteiger partial charge is 0.491 e. The average Bonchev–Trinajstić information content (AvgIpc) is 3.41. The van der Waals surface area contributed by atoms with Crippen LogP contribution in [0.25, 0.3) is 0 Å². The number of carbonyl (C=O) groups excluding carboxylic acids is 2. The number of Topliss-reactive ketones (excluding diaryl/α,β-unsaturated/α-hetero) is 1. The second-order valence-electron chi connectivity index (χ2n) is 12.4. The highest BCUT2D eigenvalue weighted by molar-refractivity contribution is 6.42. The topological polar surface area (TPSA) is 75.9 Å². The number of rotatable bonds is 11. The van der Waals surface area contributed by atoms with Gasteiger partial charge in [0.2, 0.25) is 5.91 Å². The van der Waals surface area contributed by atoms with Gasteiger partial charge in [0, 0.05) is 17.5 Å². The van der Waals surface area contributed by atoms with E-state index < -0.39 is 5.41 Å². The van der Waals surface area contributed by atoms with E-state index in [1.54, 1.807) is 0 Å². The molecule has 228 valence electrons. The Bertz CT molecular complexity index is 1440. The number of halogens is 2. The minimum atomic E-state index is -0.624. The molecule has 0 saturated carbocycles. The fraction of sp³-hybridized carbons (Fsp3) is 0.429. The number of hydrogen-bond donors (Lipinski definition) is 1. The summed E-state index contributed by atoms with van der Waals surface area (Å²) in [6.07, 6.45) is 3.26. The van der Waals surface area contributed by atoms with E-state index in [4.69, 9.17) is 33.7 Å². The molecule has 0 bridgehead atoms. The van der Waals surface area contributed by atoms with Gasteiger partial charge in [-0.3, -0.25) is 14.5 Å². The third-order valence-corrected chi connectivity index (χ3v) is 10.0. The first kappa shape index (κ1) is 31.5. The Hall–Kier alpha value is -2.90. The molecule has 3 aromatic carbocycles. The molecule has 0 aliphatic carbocycles. The van der Waals surface area contributed by atoms with Crippen molar-refractivity contribution >= 4 is 34.9 Å². The van der Waals surface area contributed by atoms with Crippen LogP contribution in [0.1, 0.15) is 61.0 Å². The molecule has 8 heteroatoms. The van der Waals surface area contributed by atoms with Crippen molar-refractivity contribution in [1.29, 1.82) is 0 Å². The summed E-state index contributed by atoms with van der Waals surface area (Å²) < 4.78 is 5.81. The lowest BCUT2D eigenvalue weighted by molar-refractivity contribution is -0.125. The number of benzene rings is 3. The van der Waals surface area contributed by atoms with Gasteiger partial charge in [-0.05, 0) is 101 Å². The number of likely N-dealkylation sites (tertiary alicyclic amines) is 2. The SMILES string of the molecule is CC(C)Oc1cccc(C(=O)CN2CCC(CCN3CCC(C(N)=O)(c4ccccc4)CC3)(c3ccc(Cl)c(Cl)c3)C2)c1. The van der Waals surface area contributed by atoms with Crippen molar-refractivity contribution in [2.45, 2.75) is 56.5 Å². The van der Waals surface area contributed by atoms with Crippen molar-refractivity contribution in [3.8, 4) is 5.75 Å². The fourth-order valence-electron chi connectivity index (χ4n) is 6.78. The number of piperidine rings is 1. The number of amides is 1. The third-order valence-electron chi connectivity index (χ3n) is 9.27. The van der Waals surface area contributed by atoms with Crippen LogP contribution >= 0.6 is 23.2 Å². The van der Waals surface area contributed by atoms with Gasteiger partial charge in [-0.15, -0.1) is 0 Å². The van der Waals surface area contributed by atoms with E-state index in [-0.39, 0.29) is 23.2 Å². The first-order valence-electron chi connectivity index (χ1n) is 15.2. The fourth-order valence-corrected chi connectivity index (χ4v) is 7.08. The van der Waals surface area contributed by atoms with Gasteiger partial charge in [0.15, 0.2) is 5.78 Å². The number of nitrogens with zero attached hydrogens (tertiary/aromatic N) is 2. The molecule has 2 fully saturated rings. The molecule has 1 amide bonds. The van der Waals surface area contributed by atoms with Crippen molar-refractivity contribution in [2.24, 2.45) is 5.73 Å². The zero-order chi connectivity index (χ0) is 30.6. The molecule has 43 heavy (non-hydrogen) atoms. The van der Waals surface area contributed by atoms with Gasteiger partial charge in [-0.2, -0.15) is 0 Å². The summed E-state index contributed by atoms with van der Waals surface area (Å²) in [5.41, 5.74) is 8.00. The highest BCUT2D eigenvalue weighted by Crippen LogP contribution is 2.41. The van der Waals surface area contributed by atoms with Gasteiger partial charge in [0.1, 0.15) is 5.75 Å². The van der Waals surface area contributed by atoms with Crippen molar-refractivity contribution in [3.63, 3.8) is 0 Å². The third kappa shape index (κ3) is 7.09. The number of primary amides is 1. The van der Waals surface area contributed by atoms with Gasteiger partial charge in [0.05, 0.1) is 28.1 Å². The molecule has 2 aliphatic heterocycles. The molecule has 0 spiro atoms. The van der Waals surface area contributed by atoms with Gasteiger partial charge >= 0.3 is 0 Å². The van der Waals surface area contributed by atoms with Gasteiger partial charge in [-0.25, -0.2) is 0 Å². The molecule has 3 aromatic rings. The van der Waals surface area contributed by atoms with Crippen LogP contribution in [0.5, 0.6) is 5.75 Å². The van der Waals surface area contributed by atoms with Gasteiger partial charge in [0.25, 0.3) is 0 Å². The molecule has 0 aromatic heterocycles. The summed E-state index contributed by atoms with van der Waals surface area (Å²) in [6, 6.07) is 23.3. The van der Waals surface area contributed by atoms with Crippen LogP contribution < -0.4 is 10.5 Å². The lowest BCUT2D eigenvalue weighted by Gasteiger charge is -2.41. The van der Waals surface area contributed by atoms with E-state index in [2.05, 4.69) is 15.9 Å². The Morgan fingerprint density at radius 1 is 0.860 bits per heavy atom. The minimum absolute atomic E-state index is 0.0428. The summed E-state index contributed by atoms with van der Waals surface area (Å²) in [7, 11) is 0. The minimum Gasteiger partial charge on any atom is -0.491 e. The predicted octanol–water partition coefficient (Wildman–Crippen LogP) is 6.52. The predicted molar refractivity (Wildman–Crippen MR) is 173 cm³/mol. The smallest absolute Gasteiger partial charge is 0.228 e. The van der Waals surface area contributed by atoms with E-state index in [1.807, 2.05) is 80.6 Å². The number of ether oxygens (including phenoxy) is 1. The molecular weight excluding hydrogens is 581 g/mol. The van der Waals surface area contributed by atoms with Crippen LogP contribution in [-0.2, 0) is 15.6 Å². The van der Waals surface area contributed by atoms with E-state index in [1.165, 1.54) is 0 Å². The van der Waals surface area contributed by atoms with Crippen LogP contribution in [0.4, 0.5) is 0 Å². The molecule has 2 N–H and O–H groups in total. The zero-order valence-corrected chi connectivity index (χ0v) is 26.5. The van der Waals surface area contributed by atoms with E-state index in [0.717, 1.165) is 56.7 Å². The Labute approximate surface area is 265 Å². The van der Waals surface area contributed by atoms with Gasteiger partial charge in [-0.1, -0.05) is 71.7 Å². The first-order valence-corrected chi connectivity index (χ1v) is 15.9. The average molecular weight is 623 g/mol.